The molecule has 0 bridgehead atoms. The molecule has 0 aromatic heterocycles. The van der Waals surface area contributed by atoms with E-state index in [2.05, 4.69) is 29.4 Å². The number of fused-ring (bicyclic) bond motifs is 2. The summed E-state index contributed by atoms with van der Waals surface area (Å²) in [5.41, 5.74) is 0.984. The van der Waals surface area contributed by atoms with E-state index in [1.165, 1.54) is 6.42 Å². The Hall–Kier alpha value is -2.08. The number of carbonyl (C=O) groups excluding carboxylic acids is 2. The first-order valence-corrected chi connectivity index (χ1v) is 11.1. The first-order valence-electron chi connectivity index (χ1n) is 11.1. The number of likely N-dealkylation sites (tertiary alicyclic amines) is 2. The van der Waals surface area contributed by atoms with Crippen molar-refractivity contribution in [2.75, 3.05) is 32.7 Å². The van der Waals surface area contributed by atoms with E-state index in [0.29, 0.717) is 31.5 Å². The van der Waals surface area contributed by atoms with Crippen LogP contribution in [0.1, 0.15) is 38.7 Å². The summed E-state index contributed by atoms with van der Waals surface area (Å²) in [6.45, 7) is 9.46. The predicted octanol–water partition coefficient (Wildman–Crippen LogP) is 2.45. The van der Waals surface area contributed by atoms with Crippen LogP contribution in [0, 0.1) is 17.8 Å². The molecule has 3 saturated heterocycles. The topological polar surface area (TPSA) is 64.7 Å². The van der Waals surface area contributed by atoms with Crippen molar-refractivity contribution >= 4 is 11.9 Å². The van der Waals surface area contributed by atoms with Gasteiger partial charge in [0.15, 0.2) is 0 Å². The third-order valence-corrected chi connectivity index (χ3v) is 7.07. The van der Waals surface area contributed by atoms with Crippen LogP contribution in [-0.4, -0.2) is 60.0 Å². The average molecular weight is 399 g/mol. The van der Waals surface area contributed by atoms with Crippen molar-refractivity contribution in [2.24, 2.45) is 17.8 Å². The molecule has 3 heterocycles. The molecule has 1 spiro atoms. The first kappa shape index (κ1) is 20.2. The molecule has 158 valence electrons. The molecule has 3 aliphatic heterocycles. The Morgan fingerprint density at radius 2 is 1.93 bits per heavy atom. The highest BCUT2D eigenvalue weighted by Crippen LogP contribution is 2.44. The first-order chi connectivity index (χ1) is 14.0. The molecule has 0 saturated carbocycles. The van der Waals surface area contributed by atoms with Gasteiger partial charge in [0.2, 0.25) is 5.91 Å². The minimum Gasteiger partial charge on any atom is -0.350 e. The highest BCUT2D eigenvalue weighted by Gasteiger charge is 2.57. The zero-order chi connectivity index (χ0) is 20.4. The van der Waals surface area contributed by atoms with Crippen LogP contribution in [0.25, 0.3) is 0 Å². The van der Waals surface area contributed by atoms with Crippen molar-refractivity contribution in [2.45, 2.75) is 45.2 Å². The van der Waals surface area contributed by atoms with E-state index in [1.807, 2.05) is 35.2 Å². The van der Waals surface area contributed by atoms with Gasteiger partial charge in [-0.25, -0.2) is 4.79 Å². The fraction of sp³-hybridized carbons (Fsp3) is 0.652. The molecule has 1 aromatic rings. The van der Waals surface area contributed by atoms with Crippen molar-refractivity contribution in [1.82, 2.24) is 20.4 Å². The zero-order valence-corrected chi connectivity index (χ0v) is 17.7. The van der Waals surface area contributed by atoms with Crippen LogP contribution in [0.4, 0.5) is 4.79 Å². The Morgan fingerprint density at radius 3 is 2.62 bits per heavy atom. The molecule has 0 unspecified atom stereocenters. The summed E-state index contributed by atoms with van der Waals surface area (Å²) >= 11 is 0. The lowest BCUT2D eigenvalue weighted by Gasteiger charge is -2.42. The fourth-order valence-corrected chi connectivity index (χ4v) is 5.25. The Balaban J connectivity index is 1.31. The number of nitrogens with one attached hydrogen (secondary N) is 2. The monoisotopic (exact) mass is 398 g/mol. The highest BCUT2D eigenvalue weighted by atomic mass is 16.2. The number of carbonyl (C=O) groups is 2. The van der Waals surface area contributed by atoms with Crippen LogP contribution in [0.5, 0.6) is 0 Å². The van der Waals surface area contributed by atoms with Crippen LogP contribution in [0.15, 0.2) is 30.3 Å². The van der Waals surface area contributed by atoms with E-state index in [0.717, 1.165) is 38.0 Å². The summed E-state index contributed by atoms with van der Waals surface area (Å²) in [5, 5.41) is 6.38. The molecular weight excluding hydrogens is 364 g/mol. The van der Waals surface area contributed by atoms with Crippen LogP contribution in [0.3, 0.4) is 0 Å². The Bertz CT molecular complexity index is 728. The van der Waals surface area contributed by atoms with E-state index in [1.54, 1.807) is 0 Å². The second-order valence-electron chi connectivity index (χ2n) is 9.43. The minimum absolute atomic E-state index is 0.00504. The van der Waals surface area contributed by atoms with Crippen molar-refractivity contribution in [3.8, 4) is 0 Å². The van der Waals surface area contributed by atoms with Gasteiger partial charge in [-0.1, -0.05) is 44.2 Å². The summed E-state index contributed by atoms with van der Waals surface area (Å²) in [4.78, 5) is 29.6. The summed E-state index contributed by atoms with van der Waals surface area (Å²) in [7, 11) is 0. The number of hydrogen-bond acceptors (Lipinski definition) is 3. The lowest BCUT2D eigenvalue weighted by molar-refractivity contribution is -0.123. The number of hydrogen-bond donors (Lipinski definition) is 2. The summed E-state index contributed by atoms with van der Waals surface area (Å²) in [5.74, 6) is 1.43. The molecule has 2 atom stereocenters. The molecule has 2 N–H and O–H groups in total. The maximum Gasteiger partial charge on any atom is 0.317 e. The molecule has 1 aromatic carbocycles. The number of piperidine rings is 1. The third-order valence-electron chi connectivity index (χ3n) is 7.07. The minimum atomic E-state index is -0.120. The van der Waals surface area contributed by atoms with E-state index < -0.39 is 0 Å². The zero-order valence-electron chi connectivity index (χ0n) is 17.7. The van der Waals surface area contributed by atoms with Crippen molar-refractivity contribution in [1.29, 1.82) is 0 Å². The number of amides is 3. The van der Waals surface area contributed by atoms with Crippen LogP contribution in [-0.2, 0) is 11.3 Å². The molecule has 3 fully saturated rings. The molecule has 3 amide bonds. The summed E-state index contributed by atoms with van der Waals surface area (Å²) in [6.07, 6.45) is 2.90. The standard InChI is InChI=1S/C23H34N4O2/c1-17(2)8-11-26-15-19-20(16-26)23(25-21(19)28)9-12-27(13-10-23)22(29)24-14-18-6-4-3-5-7-18/h3-7,17,19-20H,8-16H2,1-2H3,(H,24,29)(H,25,28)/t19-,20+/m1/s1. The third kappa shape index (κ3) is 4.27. The molecule has 0 radical (unpaired) electrons. The fourth-order valence-electron chi connectivity index (χ4n) is 5.25. The largest absolute Gasteiger partial charge is 0.350 e. The summed E-state index contributed by atoms with van der Waals surface area (Å²) in [6, 6.07) is 9.98. The maximum atomic E-state index is 12.7. The molecule has 29 heavy (non-hydrogen) atoms. The average Bonchev–Trinajstić information content (AvgIpc) is 3.26. The van der Waals surface area contributed by atoms with Gasteiger partial charge in [0.1, 0.15) is 0 Å². The lowest BCUT2D eigenvalue weighted by Crippen LogP contribution is -2.57. The van der Waals surface area contributed by atoms with Gasteiger partial charge in [0.05, 0.1) is 5.92 Å². The number of benzene rings is 1. The SMILES string of the molecule is CC(C)CCN1C[C@H]2C(=O)NC3(CCN(C(=O)NCc4ccccc4)CC3)[C@H]2C1. The van der Waals surface area contributed by atoms with Gasteiger partial charge in [-0.3, -0.25) is 4.79 Å². The predicted molar refractivity (Wildman–Crippen MR) is 113 cm³/mol. The van der Waals surface area contributed by atoms with Crippen LogP contribution >= 0.6 is 0 Å². The molecule has 6 nitrogen and oxygen atoms in total. The molecular formula is C23H34N4O2. The lowest BCUT2D eigenvalue weighted by atomic mass is 9.75. The molecule has 6 heteroatoms. The number of urea groups is 1. The van der Waals surface area contributed by atoms with Gasteiger partial charge in [0, 0.05) is 44.2 Å². The smallest absolute Gasteiger partial charge is 0.317 e. The van der Waals surface area contributed by atoms with Crippen molar-refractivity contribution in [3.05, 3.63) is 35.9 Å². The van der Waals surface area contributed by atoms with Gasteiger partial charge >= 0.3 is 6.03 Å². The van der Waals surface area contributed by atoms with E-state index in [9.17, 15) is 9.59 Å². The Morgan fingerprint density at radius 1 is 1.21 bits per heavy atom. The quantitative estimate of drug-likeness (QED) is 0.801. The van der Waals surface area contributed by atoms with E-state index in [4.69, 9.17) is 0 Å². The molecule has 4 rings (SSSR count). The number of nitrogens with zero attached hydrogens (tertiary/aromatic N) is 2. The Kier molecular flexibility index (Phi) is 5.81. The van der Waals surface area contributed by atoms with E-state index in [-0.39, 0.29) is 23.4 Å². The van der Waals surface area contributed by atoms with Crippen molar-refractivity contribution in [3.63, 3.8) is 0 Å². The summed E-state index contributed by atoms with van der Waals surface area (Å²) < 4.78 is 0. The van der Waals surface area contributed by atoms with Gasteiger partial charge in [-0.05, 0) is 37.3 Å². The van der Waals surface area contributed by atoms with Gasteiger partial charge in [0.25, 0.3) is 0 Å². The van der Waals surface area contributed by atoms with Gasteiger partial charge in [-0.2, -0.15) is 0 Å². The van der Waals surface area contributed by atoms with Crippen LogP contribution < -0.4 is 10.6 Å². The molecule has 3 aliphatic rings. The van der Waals surface area contributed by atoms with Crippen LogP contribution in [0.2, 0.25) is 0 Å². The maximum absolute atomic E-state index is 12.7. The normalized spacial score (nSPS) is 26.0. The van der Waals surface area contributed by atoms with Gasteiger partial charge in [-0.15, -0.1) is 0 Å². The molecule has 0 aliphatic carbocycles. The second-order valence-corrected chi connectivity index (χ2v) is 9.43. The number of rotatable bonds is 5. The van der Waals surface area contributed by atoms with Gasteiger partial charge < -0.3 is 20.4 Å². The highest BCUT2D eigenvalue weighted by molar-refractivity contribution is 5.84. The van der Waals surface area contributed by atoms with Crippen molar-refractivity contribution < 1.29 is 9.59 Å². The Labute approximate surface area is 174 Å². The van der Waals surface area contributed by atoms with E-state index >= 15 is 0 Å². The second kappa shape index (κ2) is 8.34.